The maximum absolute atomic E-state index is 11.7. The number of anilines is 1. The molecule has 0 radical (unpaired) electrons. The van der Waals surface area contributed by atoms with E-state index in [0.717, 1.165) is 0 Å². The summed E-state index contributed by atoms with van der Waals surface area (Å²) in [6.07, 6.45) is -5.09. The number of rotatable bonds is 3. The second kappa shape index (κ2) is 3.63. The van der Waals surface area contributed by atoms with Gasteiger partial charge in [-0.3, -0.25) is 0 Å². The molecule has 74 valence electrons. The molecule has 4 nitrogen and oxygen atoms in total. The minimum absolute atomic E-state index is 0.0155. The summed E-state index contributed by atoms with van der Waals surface area (Å²) in [7, 11) is 0. The van der Waals surface area contributed by atoms with Gasteiger partial charge in [0.2, 0.25) is 0 Å². The van der Waals surface area contributed by atoms with Gasteiger partial charge in [0.1, 0.15) is 0 Å². The number of alkyl halides is 3. The highest BCUT2D eigenvalue weighted by atomic mass is 19.4. The fourth-order valence-electron chi connectivity index (χ4n) is 0.680. The SMILES string of the molecule is Cc1noc(NCCC(F)(F)F)n1. The van der Waals surface area contributed by atoms with Crippen molar-refractivity contribution in [3.05, 3.63) is 5.82 Å². The molecular weight excluding hydrogens is 187 g/mol. The normalized spacial score (nSPS) is 11.7. The van der Waals surface area contributed by atoms with Crippen LogP contribution in [0.2, 0.25) is 0 Å². The molecule has 0 aliphatic carbocycles. The van der Waals surface area contributed by atoms with Gasteiger partial charge in [-0.15, -0.1) is 0 Å². The molecule has 0 spiro atoms. The molecule has 0 fully saturated rings. The number of nitrogens with one attached hydrogen (secondary N) is 1. The molecule has 1 heterocycles. The van der Waals surface area contributed by atoms with E-state index < -0.39 is 12.6 Å². The van der Waals surface area contributed by atoms with Gasteiger partial charge in [0.15, 0.2) is 5.82 Å². The fraction of sp³-hybridized carbons (Fsp3) is 0.667. The van der Waals surface area contributed by atoms with E-state index in [1.54, 1.807) is 6.92 Å². The maximum Gasteiger partial charge on any atom is 0.390 e. The minimum Gasteiger partial charge on any atom is -0.337 e. The van der Waals surface area contributed by atoms with Crippen LogP contribution in [0, 0.1) is 6.92 Å². The molecular formula is C6H8F3N3O. The van der Waals surface area contributed by atoms with Crippen molar-refractivity contribution in [2.75, 3.05) is 11.9 Å². The van der Waals surface area contributed by atoms with Crippen molar-refractivity contribution in [3.63, 3.8) is 0 Å². The number of nitrogens with zero attached hydrogens (tertiary/aromatic N) is 2. The van der Waals surface area contributed by atoms with Crippen molar-refractivity contribution in [1.82, 2.24) is 10.1 Å². The Balaban J connectivity index is 2.28. The Kier molecular flexibility index (Phi) is 2.74. The lowest BCUT2D eigenvalue weighted by molar-refractivity contribution is -0.131. The molecule has 7 heteroatoms. The molecule has 0 unspecified atom stereocenters. The van der Waals surface area contributed by atoms with Gasteiger partial charge in [0.25, 0.3) is 0 Å². The molecule has 0 bridgehead atoms. The van der Waals surface area contributed by atoms with Crippen LogP contribution in [0.5, 0.6) is 0 Å². The molecule has 1 rings (SSSR count). The molecule has 0 aliphatic heterocycles. The third kappa shape index (κ3) is 3.77. The lowest BCUT2D eigenvalue weighted by Crippen LogP contribution is -2.14. The Morgan fingerprint density at radius 1 is 1.46 bits per heavy atom. The van der Waals surface area contributed by atoms with Crippen molar-refractivity contribution in [1.29, 1.82) is 0 Å². The molecule has 1 aromatic heterocycles. The molecule has 0 amide bonds. The van der Waals surface area contributed by atoms with Crippen LogP contribution in [0.25, 0.3) is 0 Å². The van der Waals surface area contributed by atoms with Crippen LogP contribution in [-0.2, 0) is 0 Å². The predicted octanol–water partition coefficient (Wildman–Crippen LogP) is 1.74. The van der Waals surface area contributed by atoms with Gasteiger partial charge >= 0.3 is 12.2 Å². The first-order valence-electron chi connectivity index (χ1n) is 3.58. The third-order valence-corrected chi connectivity index (χ3v) is 1.21. The molecule has 0 aliphatic rings. The molecule has 1 N–H and O–H groups in total. The molecule has 0 saturated carbocycles. The zero-order valence-corrected chi connectivity index (χ0v) is 6.85. The summed E-state index contributed by atoms with van der Waals surface area (Å²) in [4.78, 5) is 3.67. The van der Waals surface area contributed by atoms with Crippen molar-refractivity contribution >= 4 is 6.01 Å². The summed E-state index contributed by atoms with van der Waals surface area (Å²) in [5, 5.41) is 5.76. The zero-order chi connectivity index (χ0) is 9.90. The highest BCUT2D eigenvalue weighted by Crippen LogP contribution is 2.19. The van der Waals surface area contributed by atoms with Gasteiger partial charge < -0.3 is 9.84 Å². The van der Waals surface area contributed by atoms with E-state index in [0.29, 0.717) is 5.82 Å². The number of halogens is 3. The number of hydrogen-bond acceptors (Lipinski definition) is 4. The molecule has 0 aromatic carbocycles. The largest absolute Gasteiger partial charge is 0.390 e. The van der Waals surface area contributed by atoms with Crippen molar-refractivity contribution < 1.29 is 17.7 Å². The van der Waals surface area contributed by atoms with Gasteiger partial charge in [-0.1, -0.05) is 5.16 Å². The monoisotopic (exact) mass is 195 g/mol. The average Bonchev–Trinajstić information content (AvgIpc) is 2.33. The van der Waals surface area contributed by atoms with E-state index in [4.69, 9.17) is 0 Å². The van der Waals surface area contributed by atoms with Crippen LogP contribution in [0.1, 0.15) is 12.2 Å². The van der Waals surface area contributed by atoms with Gasteiger partial charge in [-0.2, -0.15) is 18.2 Å². The van der Waals surface area contributed by atoms with Crippen LogP contribution in [0.4, 0.5) is 19.2 Å². The van der Waals surface area contributed by atoms with E-state index >= 15 is 0 Å². The van der Waals surface area contributed by atoms with Crippen molar-refractivity contribution in [2.45, 2.75) is 19.5 Å². The molecule has 13 heavy (non-hydrogen) atoms. The van der Waals surface area contributed by atoms with Crippen LogP contribution < -0.4 is 5.32 Å². The van der Waals surface area contributed by atoms with Crippen LogP contribution >= 0.6 is 0 Å². The smallest absolute Gasteiger partial charge is 0.337 e. The first kappa shape index (κ1) is 9.82. The van der Waals surface area contributed by atoms with E-state index in [9.17, 15) is 13.2 Å². The quantitative estimate of drug-likeness (QED) is 0.798. The topological polar surface area (TPSA) is 51.0 Å². The summed E-state index contributed by atoms with van der Waals surface area (Å²) in [6, 6.07) is 0.0155. The standard InChI is InChI=1S/C6H8F3N3O/c1-4-11-5(13-12-4)10-3-2-6(7,8)9/h2-3H2,1H3,(H,10,11,12). The van der Waals surface area contributed by atoms with E-state index in [1.165, 1.54) is 0 Å². The van der Waals surface area contributed by atoms with Crippen molar-refractivity contribution in [3.8, 4) is 0 Å². The van der Waals surface area contributed by atoms with Gasteiger partial charge in [-0.25, -0.2) is 0 Å². The van der Waals surface area contributed by atoms with E-state index in [1.807, 2.05) is 0 Å². The van der Waals surface area contributed by atoms with Gasteiger partial charge in [0, 0.05) is 6.54 Å². The Morgan fingerprint density at radius 2 is 2.15 bits per heavy atom. The van der Waals surface area contributed by atoms with Gasteiger partial charge in [0.05, 0.1) is 6.42 Å². The lowest BCUT2D eigenvalue weighted by atomic mass is 10.4. The summed E-state index contributed by atoms with van der Waals surface area (Å²) in [5.41, 5.74) is 0. The van der Waals surface area contributed by atoms with E-state index in [-0.39, 0.29) is 12.6 Å². The molecule has 0 saturated heterocycles. The summed E-state index contributed by atoms with van der Waals surface area (Å²) in [5.74, 6) is 0.384. The highest BCUT2D eigenvalue weighted by molar-refractivity contribution is 5.17. The number of aromatic nitrogens is 2. The Morgan fingerprint density at radius 3 is 2.62 bits per heavy atom. The second-order valence-corrected chi connectivity index (χ2v) is 2.44. The van der Waals surface area contributed by atoms with Crippen molar-refractivity contribution in [2.24, 2.45) is 0 Å². The highest BCUT2D eigenvalue weighted by Gasteiger charge is 2.26. The fourth-order valence-corrected chi connectivity index (χ4v) is 0.680. The zero-order valence-electron chi connectivity index (χ0n) is 6.85. The first-order chi connectivity index (χ1) is 5.97. The summed E-state index contributed by atoms with van der Waals surface area (Å²) in [6.45, 7) is 1.32. The lowest BCUT2D eigenvalue weighted by Gasteiger charge is -2.04. The number of aryl methyl sites for hydroxylation is 1. The summed E-state index contributed by atoms with van der Waals surface area (Å²) < 4.78 is 39.5. The van der Waals surface area contributed by atoms with Gasteiger partial charge in [-0.05, 0) is 6.92 Å². The van der Waals surface area contributed by atoms with Crippen LogP contribution in [0.3, 0.4) is 0 Å². The number of hydrogen-bond donors (Lipinski definition) is 1. The molecule has 0 atom stereocenters. The Bertz CT molecular complexity index is 270. The van der Waals surface area contributed by atoms with Crippen LogP contribution in [0.15, 0.2) is 4.52 Å². The Labute approximate surface area is 72.1 Å². The Hall–Kier alpha value is -1.27. The summed E-state index contributed by atoms with van der Waals surface area (Å²) >= 11 is 0. The first-order valence-corrected chi connectivity index (χ1v) is 3.58. The van der Waals surface area contributed by atoms with E-state index in [2.05, 4.69) is 20.0 Å². The average molecular weight is 195 g/mol. The third-order valence-electron chi connectivity index (χ3n) is 1.21. The minimum atomic E-state index is -4.16. The maximum atomic E-state index is 11.7. The van der Waals surface area contributed by atoms with Crippen LogP contribution in [-0.4, -0.2) is 22.9 Å². The second-order valence-electron chi connectivity index (χ2n) is 2.44. The molecule has 1 aromatic rings. The predicted molar refractivity (Wildman–Crippen MR) is 38.2 cm³/mol.